The number of nitrogens with zero attached hydrogens (tertiary/aromatic N) is 2. The summed E-state index contributed by atoms with van der Waals surface area (Å²) in [5.74, 6) is -0.0483. The van der Waals surface area contributed by atoms with Gasteiger partial charge in [-0.05, 0) is 59.7 Å². The van der Waals surface area contributed by atoms with E-state index in [4.69, 9.17) is 16.0 Å². The van der Waals surface area contributed by atoms with E-state index in [2.05, 4.69) is 18.4 Å². The molecular formula is C24H25ClN2O3S. The van der Waals surface area contributed by atoms with Crippen LogP contribution in [0.3, 0.4) is 0 Å². The monoisotopic (exact) mass is 456 g/mol. The molecule has 0 saturated carbocycles. The molecule has 0 radical (unpaired) electrons. The Balaban J connectivity index is 1.60. The topological polar surface area (TPSA) is 53.8 Å². The molecular weight excluding hydrogens is 432 g/mol. The van der Waals surface area contributed by atoms with E-state index in [1.54, 1.807) is 28.4 Å². The van der Waals surface area contributed by atoms with Crippen LogP contribution in [-0.2, 0) is 11.2 Å². The van der Waals surface area contributed by atoms with E-state index in [1.807, 2.05) is 29.2 Å². The number of hydrogen-bond acceptors (Lipinski definition) is 4. The second-order valence-electron chi connectivity index (χ2n) is 7.65. The summed E-state index contributed by atoms with van der Waals surface area (Å²) >= 11 is 7.83. The molecule has 2 amide bonds. The summed E-state index contributed by atoms with van der Waals surface area (Å²) in [6, 6.07) is 12.9. The largest absolute Gasteiger partial charge is 0.459 e. The minimum atomic E-state index is -0.247. The molecule has 162 valence electrons. The highest BCUT2D eigenvalue weighted by molar-refractivity contribution is 7.10. The average Bonchev–Trinajstić information content (AvgIpc) is 3.48. The van der Waals surface area contributed by atoms with Gasteiger partial charge in [-0.3, -0.25) is 9.59 Å². The van der Waals surface area contributed by atoms with E-state index in [9.17, 15) is 9.59 Å². The Kier molecular flexibility index (Phi) is 6.78. The molecule has 0 spiro atoms. The Morgan fingerprint density at radius 2 is 2.03 bits per heavy atom. The van der Waals surface area contributed by atoms with Gasteiger partial charge in [-0.2, -0.15) is 0 Å². The van der Waals surface area contributed by atoms with E-state index >= 15 is 0 Å². The number of amides is 2. The molecule has 2 aromatic heterocycles. The zero-order valence-electron chi connectivity index (χ0n) is 17.4. The van der Waals surface area contributed by atoms with Gasteiger partial charge < -0.3 is 14.2 Å². The minimum Gasteiger partial charge on any atom is -0.459 e. The van der Waals surface area contributed by atoms with Crippen LogP contribution in [0.4, 0.5) is 0 Å². The number of fused-ring (bicyclic) bond motifs is 1. The Morgan fingerprint density at radius 3 is 2.74 bits per heavy atom. The Hall–Kier alpha value is -2.57. The van der Waals surface area contributed by atoms with Gasteiger partial charge in [0, 0.05) is 23.0 Å². The molecule has 0 bridgehead atoms. The lowest BCUT2D eigenvalue weighted by Gasteiger charge is -2.37. The predicted molar refractivity (Wildman–Crippen MR) is 123 cm³/mol. The van der Waals surface area contributed by atoms with Crippen molar-refractivity contribution in [2.75, 3.05) is 19.6 Å². The van der Waals surface area contributed by atoms with Crippen molar-refractivity contribution in [1.29, 1.82) is 0 Å². The molecule has 0 saturated heterocycles. The summed E-state index contributed by atoms with van der Waals surface area (Å²) in [5, 5.41) is 2.74. The van der Waals surface area contributed by atoms with E-state index in [0.29, 0.717) is 18.1 Å². The van der Waals surface area contributed by atoms with Crippen molar-refractivity contribution in [1.82, 2.24) is 9.80 Å². The minimum absolute atomic E-state index is 0.0308. The molecule has 3 heterocycles. The van der Waals surface area contributed by atoms with Crippen LogP contribution in [-0.4, -0.2) is 41.2 Å². The summed E-state index contributed by atoms with van der Waals surface area (Å²) in [7, 11) is 0. The number of thiophene rings is 1. The van der Waals surface area contributed by atoms with Crippen molar-refractivity contribution in [3.63, 3.8) is 0 Å². The molecule has 0 fully saturated rings. The van der Waals surface area contributed by atoms with Crippen molar-refractivity contribution in [2.24, 2.45) is 0 Å². The van der Waals surface area contributed by atoms with E-state index in [-0.39, 0.29) is 30.2 Å². The summed E-state index contributed by atoms with van der Waals surface area (Å²) < 4.78 is 5.29. The molecule has 0 N–H and O–H groups in total. The second-order valence-corrected chi connectivity index (χ2v) is 9.09. The van der Waals surface area contributed by atoms with Crippen LogP contribution in [0.15, 0.2) is 58.5 Å². The highest BCUT2D eigenvalue weighted by Crippen LogP contribution is 2.38. The van der Waals surface area contributed by atoms with Crippen molar-refractivity contribution < 1.29 is 14.0 Å². The van der Waals surface area contributed by atoms with Gasteiger partial charge in [-0.15, -0.1) is 11.3 Å². The maximum absolute atomic E-state index is 13.5. The molecule has 4 rings (SSSR count). The molecule has 0 unspecified atom stereocenters. The van der Waals surface area contributed by atoms with Gasteiger partial charge in [0.1, 0.15) is 6.54 Å². The SMILES string of the molecule is CCCCN(CC(=O)N1CCc2sccc2[C@@H]1c1ccc(Cl)cc1)C(=O)c1ccco1. The van der Waals surface area contributed by atoms with Crippen molar-refractivity contribution in [3.05, 3.63) is 80.9 Å². The van der Waals surface area contributed by atoms with Gasteiger partial charge in [0.2, 0.25) is 5.91 Å². The molecule has 1 aliphatic heterocycles. The average molecular weight is 457 g/mol. The lowest BCUT2D eigenvalue weighted by Crippen LogP contribution is -2.47. The van der Waals surface area contributed by atoms with Crippen LogP contribution in [0, 0.1) is 0 Å². The third-order valence-electron chi connectivity index (χ3n) is 5.60. The van der Waals surface area contributed by atoms with Crippen molar-refractivity contribution in [3.8, 4) is 0 Å². The maximum atomic E-state index is 13.5. The van der Waals surface area contributed by atoms with Gasteiger partial charge in [0.05, 0.1) is 12.3 Å². The zero-order chi connectivity index (χ0) is 21.8. The van der Waals surface area contributed by atoms with Gasteiger partial charge in [-0.1, -0.05) is 37.1 Å². The van der Waals surface area contributed by atoms with Crippen molar-refractivity contribution >= 4 is 34.8 Å². The maximum Gasteiger partial charge on any atom is 0.290 e. The first-order valence-electron chi connectivity index (χ1n) is 10.5. The zero-order valence-corrected chi connectivity index (χ0v) is 19.0. The van der Waals surface area contributed by atoms with Crippen LogP contribution in [0.2, 0.25) is 5.02 Å². The second kappa shape index (κ2) is 9.71. The molecule has 0 aliphatic carbocycles. The molecule has 1 aliphatic rings. The quantitative estimate of drug-likeness (QED) is 0.477. The standard InChI is InChI=1S/C24H25ClN2O3S/c1-2-3-12-26(24(29)20-5-4-14-30-20)16-22(28)27-13-10-21-19(11-15-31-21)23(27)17-6-8-18(25)9-7-17/h4-9,11,14-15,23H,2-3,10,12-13,16H2,1H3/t23-/m0/s1. The van der Waals surface area contributed by atoms with E-state index < -0.39 is 0 Å². The molecule has 7 heteroatoms. The summed E-state index contributed by atoms with van der Waals surface area (Å²) in [5.41, 5.74) is 2.18. The lowest BCUT2D eigenvalue weighted by atomic mass is 9.93. The fraction of sp³-hybridized carbons (Fsp3) is 0.333. The number of benzene rings is 1. The lowest BCUT2D eigenvalue weighted by molar-refractivity contribution is -0.134. The molecule has 1 atom stereocenters. The van der Waals surface area contributed by atoms with E-state index in [0.717, 1.165) is 30.4 Å². The van der Waals surface area contributed by atoms with E-state index in [1.165, 1.54) is 11.1 Å². The first kappa shape index (κ1) is 21.7. The normalized spacial score (nSPS) is 15.5. The Bertz CT molecular complexity index is 1030. The van der Waals surface area contributed by atoms with Crippen LogP contribution in [0.5, 0.6) is 0 Å². The third-order valence-corrected chi connectivity index (χ3v) is 6.85. The van der Waals surface area contributed by atoms with Gasteiger partial charge >= 0.3 is 0 Å². The van der Waals surface area contributed by atoms with Crippen LogP contribution < -0.4 is 0 Å². The number of hydrogen-bond donors (Lipinski definition) is 0. The van der Waals surface area contributed by atoms with Gasteiger partial charge in [-0.25, -0.2) is 0 Å². The smallest absolute Gasteiger partial charge is 0.290 e. The highest BCUT2D eigenvalue weighted by atomic mass is 35.5. The predicted octanol–water partition coefficient (Wildman–Crippen LogP) is 5.41. The number of unbranched alkanes of at least 4 members (excludes halogenated alkanes) is 1. The molecule has 31 heavy (non-hydrogen) atoms. The number of carbonyl (C=O) groups is 2. The summed E-state index contributed by atoms with van der Waals surface area (Å²) in [6.45, 7) is 3.24. The summed E-state index contributed by atoms with van der Waals surface area (Å²) in [4.78, 5) is 31.2. The number of carbonyl (C=O) groups excluding carboxylic acids is 2. The fourth-order valence-electron chi connectivity index (χ4n) is 4.00. The number of halogens is 1. The van der Waals surface area contributed by atoms with Crippen LogP contribution >= 0.6 is 22.9 Å². The Labute approximate surface area is 191 Å². The number of rotatable bonds is 7. The van der Waals surface area contributed by atoms with Crippen LogP contribution in [0.1, 0.15) is 52.4 Å². The van der Waals surface area contributed by atoms with Gasteiger partial charge in [0.15, 0.2) is 5.76 Å². The number of furan rings is 1. The Morgan fingerprint density at radius 1 is 1.23 bits per heavy atom. The fourth-order valence-corrected chi connectivity index (χ4v) is 5.03. The van der Waals surface area contributed by atoms with Crippen molar-refractivity contribution in [2.45, 2.75) is 32.2 Å². The molecule has 5 nitrogen and oxygen atoms in total. The van der Waals surface area contributed by atoms with Gasteiger partial charge in [0.25, 0.3) is 5.91 Å². The summed E-state index contributed by atoms with van der Waals surface area (Å²) in [6.07, 6.45) is 4.07. The third kappa shape index (κ3) is 4.70. The van der Waals surface area contributed by atoms with Crippen LogP contribution in [0.25, 0.3) is 0 Å². The highest BCUT2D eigenvalue weighted by Gasteiger charge is 2.34. The molecule has 1 aromatic carbocycles. The molecule has 3 aromatic rings. The first-order chi connectivity index (χ1) is 15.1. The first-order valence-corrected chi connectivity index (χ1v) is 11.8.